The van der Waals surface area contributed by atoms with E-state index in [0.29, 0.717) is 25.7 Å². The molecule has 1 aromatic heterocycles. The number of rotatable bonds is 10. The first-order valence-corrected chi connectivity index (χ1v) is 12.3. The lowest BCUT2D eigenvalue weighted by Crippen LogP contribution is -2.48. The maximum absolute atomic E-state index is 11.2. The summed E-state index contributed by atoms with van der Waals surface area (Å²) < 4.78 is 19.7. The van der Waals surface area contributed by atoms with E-state index >= 15 is 0 Å². The van der Waals surface area contributed by atoms with Crippen LogP contribution in [-0.2, 0) is 17.8 Å². The van der Waals surface area contributed by atoms with Gasteiger partial charge in [0, 0.05) is 37.9 Å². The molecule has 0 spiro atoms. The molecule has 7 heteroatoms. The van der Waals surface area contributed by atoms with Crippen molar-refractivity contribution >= 4 is 0 Å². The van der Waals surface area contributed by atoms with Crippen molar-refractivity contribution in [1.82, 2.24) is 14.5 Å². The molecule has 2 aromatic carbocycles. The van der Waals surface area contributed by atoms with Gasteiger partial charge in [-0.2, -0.15) is 0 Å². The lowest BCUT2D eigenvalue weighted by atomic mass is 10.1. The van der Waals surface area contributed by atoms with Gasteiger partial charge in [-0.1, -0.05) is 38.1 Å². The molecule has 1 fully saturated rings. The zero-order chi connectivity index (χ0) is 24.7. The van der Waals surface area contributed by atoms with Crippen LogP contribution in [0.3, 0.4) is 0 Å². The van der Waals surface area contributed by atoms with Gasteiger partial charge in [0.2, 0.25) is 0 Å². The third-order valence-electron chi connectivity index (χ3n) is 6.13. The minimum atomic E-state index is -1.06. The van der Waals surface area contributed by atoms with Gasteiger partial charge in [0.1, 0.15) is 36.1 Å². The summed E-state index contributed by atoms with van der Waals surface area (Å²) in [5, 5.41) is 11.2. The largest absolute Gasteiger partial charge is 0.492 e. The molecule has 3 aromatic rings. The zero-order valence-corrected chi connectivity index (χ0v) is 21.0. The number of benzene rings is 2. The molecule has 0 bridgehead atoms. The van der Waals surface area contributed by atoms with Gasteiger partial charge in [-0.25, -0.2) is 4.98 Å². The molecule has 188 valence electrons. The van der Waals surface area contributed by atoms with Crippen molar-refractivity contribution in [3.63, 3.8) is 0 Å². The molecule has 7 nitrogen and oxygen atoms in total. The lowest BCUT2D eigenvalue weighted by Gasteiger charge is -2.30. The fourth-order valence-corrected chi connectivity index (χ4v) is 4.36. The smallest absolute Gasteiger partial charge is 0.134 e. The van der Waals surface area contributed by atoms with Crippen LogP contribution in [0.1, 0.15) is 36.7 Å². The first-order valence-electron chi connectivity index (χ1n) is 12.3. The lowest BCUT2D eigenvalue weighted by molar-refractivity contribution is -0.0646. The third kappa shape index (κ3) is 7.31. The van der Waals surface area contributed by atoms with Crippen LogP contribution < -0.4 is 9.47 Å². The molecule has 1 aliphatic heterocycles. The number of nitrogens with zero attached hydrogens (tertiary/aromatic N) is 3. The summed E-state index contributed by atoms with van der Waals surface area (Å²) >= 11 is 0. The van der Waals surface area contributed by atoms with Crippen molar-refractivity contribution in [1.29, 1.82) is 0 Å². The minimum Gasteiger partial charge on any atom is -0.492 e. The second kappa shape index (κ2) is 11.7. The average molecular weight is 480 g/mol. The molecule has 2 heterocycles. The van der Waals surface area contributed by atoms with E-state index in [2.05, 4.69) is 40.4 Å². The van der Waals surface area contributed by atoms with E-state index in [1.165, 1.54) is 0 Å². The molecule has 0 amide bonds. The van der Waals surface area contributed by atoms with E-state index in [0.717, 1.165) is 48.1 Å². The second-order valence-corrected chi connectivity index (χ2v) is 9.72. The van der Waals surface area contributed by atoms with E-state index in [9.17, 15) is 5.11 Å². The highest BCUT2D eigenvalue weighted by Crippen LogP contribution is 2.20. The third-order valence-corrected chi connectivity index (χ3v) is 6.13. The number of hydrogen-bond donors (Lipinski definition) is 1. The summed E-state index contributed by atoms with van der Waals surface area (Å²) in [6.07, 6.45) is 3.84. The Morgan fingerprint density at radius 2 is 1.94 bits per heavy atom. The SMILES string of the molecule is Cc1cccc(OC[C@]2(O)COCCN(Cc3ccc(OCCn4ccnc4C(C)C)cc3)C2)c1. The minimum absolute atomic E-state index is 0.190. The molecule has 1 saturated heterocycles. The molecule has 1 aliphatic rings. The van der Waals surface area contributed by atoms with Crippen molar-refractivity contribution in [2.75, 3.05) is 39.5 Å². The summed E-state index contributed by atoms with van der Waals surface area (Å²) in [5.74, 6) is 3.08. The van der Waals surface area contributed by atoms with Gasteiger partial charge >= 0.3 is 0 Å². The van der Waals surface area contributed by atoms with Crippen molar-refractivity contribution in [2.45, 2.75) is 45.4 Å². The zero-order valence-electron chi connectivity index (χ0n) is 21.0. The van der Waals surface area contributed by atoms with Gasteiger partial charge in [-0.05, 0) is 42.3 Å². The van der Waals surface area contributed by atoms with Crippen LogP contribution in [0.5, 0.6) is 11.5 Å². The maximum Gasteiger partial charge on any atom is 0.134 e. The second-order valence-electron chi connectivity index (χ2n) is 9.72. The van der Waals surface area contributed by atoms with Gasteiger partial charge < -0.3 is 23.9 Å². The van der Waals surface area contributed by atoms with Crippen LogP contribution in [-0.4, -0.2) is 64.7 Å². The maximum atomic E-state index is 11.2. The van der Waals surface area contributed by atoms with Gasteiger partial charge in [0.05, 0.1) is 19.8 Å². The van der Waals surface area contributed by atoms with Gasteiger partial charge in [-0.15, -0.1) is 0 Å². The average Bonchev–Trinajstić information content (AvgIpc) is 3.23. The molecule has 35 heavy (non-hydrogen) atoms. The first kappa shape index (κ1) is 25.2. The Morgan fingerprint density at radius 1 is 1.11 bits per heavy atom. The summed E-state index contributed by atoms with van der Waals surface area (Å²) in [7, 11) is 0. The Bertz CT molecular complexity index is 1070. The quantitative estimate of drug-likeness (QED) is 0.473. The van der Waals surface area contributed by atoms with Crippen LogP contribution in [0.25, 0.3) is 0 Å². The number of aryl methyl sites for hydroxylation is 1. The molecule has 0 saturated carbocycles. The van der Waals surface area contributed by atoms with Gasteiger partial charge in [-0.3, -0.25) is 4.90 Å². The van der Waals surface area contributed by atoms with Gasteiger partial charge in [0.15, 0.2) is 0 Å². The molecule has 4 rings (SSSR count). The number of imidazole rings is 1. The summed E-state index contributed by atoms with van der Waals surface area (Å²) in [5.41, 5.74) is 1.23. The van der Waals surface area contributed by atoms with Crippen molar-refractivity contribution in [3.05, 3.63) is 77.9 Å². The monoisotopic (exact) mass is 479 g/mol. The van der Waals surface area contributed by atoms with Crippen LogP contribution >= 0.6 is 0 Å². The van der Waals surface area contributed by atoms with Crippen LogP contribution in [0.2, 0.25) is 0 Å². The number of aromatic nitrogens is 2. The van der Waals surface area contributed by atoms with Crippen LogP contribution in [0.15, 0.2) is 60.9 Å². The molecule has 0 aliphatic carbocycles. The van der Waals surface area contributed by atoms with E-state index < -0.39 is 5.60 Å². The molecule has 1 N–H and O–H groups in total. The van der Waals surface area contributed by atoms with Crippen molar-refractivity contribution in [3.8, 4) is 11.5 Å². The standard InChI is InChI=1S/C28H37N3O4/c1-22(2)27-29-11-12-31(27)14-16-34-25-9-7-24(8-10-25)18-30-13-15-33-20-28(32,19-30)21-35-26-6-4-5-23(3)17-26/h4-12,17,22,32H,13-16,18-21H2,1-3H3/t28-/m1/s1. The molecular weight excluding hydrogens is 442 g/mol. The van der Waals surface area contributed by atoms with Crippen molar-refractivity contribution in [2.24, 2.45) is 0 Å². The number of ether oxygens (including phenoxy) is 3. The Morgan fingerprint density at radius 3 is 2.71 bits per heavy atom. The number of hydrogen-bond acceptors (Lipinski definition) is 6. The topological polar surface area (TPSA) is 69.0 Å². The summed E-state index contributed by atoms with van der Waals surface area (Å²) in [6, 6.07) is 16.0. The van der Waals surface area contributed by atoms with Gasteiger partial charge in [0.25, 0.3) is 0 Å². The first-order chi connectivity index (χ1) is 16.9. The molecular formula is C28H37N3O4. The number of aliphatic hydroxyl groups is 1. The predicted octanol–water partition coefficient (Wildman–Crippen LogP) is 4.04. The van der Waals surface area contributed by atoms with E-state index in [1.54, 1.807) is 0 Å². The highest BCUT2D eigenvalue weighted by molar-refractivity contribution is 5.28. The summed E-state index contributed by atoms with van der Waals surface area (Å²) in [4.78, 5) is 6.64. The Labute approximate surface area is 208 Å². The fraction of sp³-hybridized carbons (Fsp3) is 0.464. The number of β-amino-alcohol motifs (C(OH)–C–C–N with tert-alkyl or cyclic N) is 1. The molecule has 0 radical (unpaired) electrons. The Hall–Kier alpha value is -2.87. The fourth-order valence-electron chi connectivity index (χ4n) is 4.36. The predicted molar refractivity (Wildman–Crippen MR) is 136 cm³/mol. The van der Waals surface area contributed by atoms with E-state index in [1.807, 2.05) is 55.7 Å². The highest BCUT2D eigenvalue weighted by Gasteiger charge is 2.33. The summed E-state index contributed by atoms with van der Waals surface area (Å²) in [6.45, 7) is 10.7. The van der Waals surface area contributed by atoms with Crippen LogP contribution in [0.4, 0.5) is 0 Å². The normalized spacial score (nSPS) is 19.0. The molecule has 0 unspecified atom stereocenters. The van der Waals surface area contributed by atoms with Crippen molar-refractivity contribution < 1.29 is 19.3 Å². The van der Waals surface area contributed by atoms with E-state index in [-0.39, 0.29) is 13.2 Å². The highest BCUT2D eigenvalue weighted by atomic mass is 16.5. The molecule has 1 atom stereocenters. The van der Waals surface area contributed by atoms with E-state index in [4.69, 9.17) is 14.2 Å². The Balaban J connectivity index is 1.28. The Kier molecular flexibility index (Phi) is 8.44. The van der Waals surface area contributed by atoms with Crippen LogP contribution in [0, 0.1) is 6.92 Å².